The van der Waals surface area contributed by atoms with Gasteiger partial charge in [0.05, 0.1) is 33.2 Å². The maximum Gasteiger partial charge on any atom is 0.238 e. The van der Waals surface area contributed by atoms with E-state index in [9.17, 15) is 51.1 Å². The number of hydrogen-bond acceptors (Lipinski definition) is 13. The number of phenolic OH excluding ortho intramolecular Hbond substituents is 10. The molecule has 0 aliphatic carbocycles. The molecule has 0 radical (unpaired) electrons. The van der Waals surface area contributed by atoms with Crippen molar-refractivity contribution in [1.29, 1.82) is 0 Å². The highest BCUT2D eigenvalue weighted by Gasteiger charge is 2.30. The highest BCUT2D eigenvalue weighted by Crippen LogP contribution is 2.58. The normalized spacial score (nSPS) is 11.6. The Bertz CT molecular complexity index is 4070. The van der Waals surface area contributed by atoms with Crippen molar-refractivity contribution in [2.24, 2.45) is 0 Å². The highest BCUT2D eigenvalue weighted by atomic mass is 16.4. The van der Waals surface area contributed by atoms with Gasteiger partial charge in [0.2, 0.25) is 40.4 Å². The van der Waals surface area contributed by atoms with E-state index in [1.54, 1.807) is 0 Å². The maximum absolute atomic E-state index is 11.3. The van der Waals surface area contributed by atoms with E-state index in [2.05, 4.69) is 0 Å². The standard InChI is InChI=1S/C57H37N5O10/c63-45-41(46(64)50(68)53(71)49(45)67)32-25-33(42-47(65)51(69)54(72)52(70)48(42)66)27-34(26-32)61-39-17-9-7-15-35(39)37-23-24-38-36-16-8-10-18-40(36)62(44(38)43(37)61)57-59-55(30-13-5-2-6-14-30)58-56(60-57)31-21-19-29(20-22-31)28-11-3-1-4-12-28/h1-27,63-72H. The van der Waals surface area contributed by atoms with E-state index in [1.165, 1.54) is 18.2 Å². The van der Waals surface area contributed by atoms with Crippen LogP contribution in [0, 0.1) is 0 Å². The van der Waals surface area contributed by atoms with E-state index < -0.39 is 68.6 Å². The van der Waals surface area contributed by atoms with Crippen molar-refractivity contribution in [3.63, 3.8) is 0 Å². The van der Waals surface area contributed by atoms with Crippen LogP contribution in [-0.2, 0) is 0 Å². The molecule has 3 aromatic heterocycles. The molecular formula is C57H37N5O10. The van der Waals surface area contributed by atoms with Crippen LogP contribution in [-0.4, -0.2) is 75.2 Å². The summed E-state index contributed by atoms with van der Waals surface area (Å²) in [7, 11) is 0. The number of aromatic hydroxyl groups is 10. The first-order valence-electron chi connectivity index (χ1n) is 22.4. The minimum Gasteiger partial charge on any atom is -0.504 e. The monoisotopic (exact) mass is 951 g/mol. The number of rotatable bonds is 7. The first kappa shape index (κ1) is 42.9. The number of fused-ring (bicyclic) bond motifs is 7. The number of nitrogens with zero attached hydrogens (tertiary/aromatic N) is 5. The van der Waals surface area contributed by atoms with Gasteiger partial charge < -0.3 is 55.6 Å². The zero-order chi connectivity index (χ0) is 49.7. The largest absolute Gasteiger partial charge is 0.504 e. The number of aromatic nitrogens is 5. The van der Waals surface area contributed by atoms with Gasteiger partial charge in [-0.1, -0.05) is 133 Å². The molecule has 15 heteroatoms. The third kappa shape index (κ3) is 6.41. The number of phenols is 10. The fourth-order valence-corrected chi connectivity index (χ4v) is 9.68. The van der Waals surface area contributed by atoms with Crippen molar-refractivity contribution in [2.75, 3.05) is 0 Å². The first-order valence-corrected chi connectivity index (χ1v) is 22.4. The Morgan fingerprint density at radius 2 is 0.639 bits per heavy atom. The van der Waals surface area contributed by atoms with E-state index in [1.807, 2.05) is 155 Å². The minimum atomic E-state index is -1.20. The van der Waals surface area contributed by atoms with Crippen LogP contribution >= 0.6 is 0 Å². The Morgan fingerprint density at radius 3 is 1.12 bits per heavy atom. The molecule has 10 N–H and O–H groups in total. The number of para-hydroxylation sites is 2. The molecule has 72 heavy (non-hydrogen) atoms. The lowest BCUT2D eigenvalue weighted by Gasteiger charge is -2.18. The highest BCUT2D eigenvalue weighted by molar-refractivity contribution is 6.23. The Labute approximate surface area is 406 Å². The Balaban J connectivity index is 1.21. The molecule has 15 nitrogen and oxygen atoms in total. The maximum atomic E-state index is 11.3. The third-order valence-corrected chi connectivity index (χ3v) is 13.1. The topological polar surface area (TPSA) is 251 Å². The van der Waals surface area contributed by atoms with E-state index >= 15 is 0 Å². The predicted molar refractivity (Wildman–Crippen MR) is 272 cm³/mol. The molecule has 12 aromatic rings. The lowest BCUT2D eigenvalue weighted by Crippen LogP contribution is -2.07. The summed E-state index contributed by atoms with van der Waals surface area (Å²) in [5.74, 6) is -10.2. The smallest absolute Gasteiger partial charge is 0.238 e. The van der Waals surface area contributed by atoms with Gasteiger partial charge in [0.15, 0.2) is 34.6 Å². The van der Waals surface area contributed by atoms with Gasteiger partial charge in [-0.15, -0.1) is 0 Å². The molecule has 0 spiro atoms. The molecule has 0 unspecified atom stereocenters. The summed E-state index contributed by atoms with van der Waals surface area (Å²) < 4.78 is 3.80. The average molecular weight is 952 g/mol. The molecule has 0 bridgehead atoms. The molecule has 9 aromatic carbocycles. The van der Waals surface area contributed by atoms with Gasteiger partial charge in [-0.3, -0.25) is 4.57 Å². The van der Waals surface area contributed by atoms with Crippen LogP contribution in [0.5, 0.6) is 57.5 Å². The van der Waals surface area contributed by atoms with Gasteiger partial charge in [-0.2, -0.15) is 9.97 Å². The fraction of sp³-hybridized carbons (Fsp3) is 0. The van der Waals surface area contributed by atoms with Crippen LogP contribution in [0.25, 0.3) is 111 Å². The summed E-state index contributed by atoms with van der Waals surface area (Å²) in [6, 6.07) is 50.9. The molecule has 0 amide bonds. The lowest BCUT2D eigenvalue weighted by atomic mass is 9.94. The summed E-state index contributed by atoms with van der Waals surface area (Å²) in [5, 5.41) is 112. The summed E-state index contributed by atoms with van der Waals surface area (Å²) in [5.41, 5.74) is 4.76. The van der Waals surface area contributed by atoms with Crippen LogP contribution in [0.3, 0.4) is 0 Å². The lowest BCUT2D eigenvalue weighted by molar-refractivity contribution is 0.330. The summed E-state index contributed by atoms with van der Waals surface area (Å²) >= 11 is 0. The number of benzene rings is 9. The molecule has 12 rings (SSSR count). The third-order valence-electron chi connectivity index (χ3n) is 13.1. The minimum absolute atomic E-state index is 0.166. The fourth-order valence-electron chi connectivity index (χ4n) is 9.68. The SMILES string of the molecule is Oc1c(O)c(O)c(-c2cc(-c3c(O)c(O)c(O)c(O)c3O)cc(-n3c4ccccc4c4ccc5c6ccccc6n(-c6nc(-c7ccccc7)nc(-c7ccc(-c8ccccc8)cc7)n6)c5c43)c2)c(O)c1O. The van der Waals surface area contributed by atoms with Gasteiger partial charge in [0.25, 0.3) is 0 Å². The molecule has 0 fully saturated rings. The van der Waals surface area contributed by atoms with Crippen LogP contribution in [0.2, 0.25) is 0 Å². The van der Waals surface area contributed by atoms with Gasteiger partial charge in [-0.05, 0) is 52.6 Å². The van der Waals surface area contributed by atoms with E-state index in [0.717, 1.165) is 49.3 Å². The van der Waals surface area contributed by atoms with Crippen molar-refractivity contribution in [3.05, 3.63) is 164 Å². The Hall–Kier alpha value is -10.4. The van der Waals surface area contributed by atoms with Crippen LogP contribution < -0.4 is 0 Å². The summed E-state index contributed by atoms with van der Waals surface area (Å²) in [4.78, 5) is 15.4. The molecule has 0 atom stereocenters. The van der Waals surface area contributed by atoms with E-state index in [4.69, 9.17) is 15.0 Å². The zero-order valence-electron chi connectivity index (χ0n) is 37.3. The summed E-state index contributed by atoms with van der Waals surface area (Å²) in [6.07, 6.45) is 0. The van der Waals surface area contributed by atoms with Crippen LogP contribution in [0.15, 0.2) is 164 Å². The molecule has 0 aliphatic heterocycles. The average Bonchev–Trinajstić information content (AvgIpc) is 3.94. The van der Waals surface area contributed by atoms with Crippen LogP contribution in [0.1, 0.15) is 0 Å². The summed E-state index contributed by atoms with van der Waals surface area (Å²) in [6.45, 7) is 0. The molecule has 350 valence electrons. The molecule has 3 heterocycles. The van der Waals surface area contributed by atoms with E-state index in [-0.39, 0.29) is 22.8 Å². The van der Waals surface area contributed by atoms with Crippen molar-refractivity contribution < 1.29 is 51.1 Å². The van der Waals surface area contributed by atoms with Gasteiger partial charge in [0, 0.05) is 38.4 Å². The second-order valence-corrected chi connectivity index (χ2v) is 17.2. The van der Waals surface area contributed by atoms with Crippen molar-refractivity contribution >= 4 is 43.6 Å². The molecule has 0 aliphatic rings. The van der Waals surface area contributed by atoms with Gasteiger partial charge >= 0.3 is 0 Å². The van der Waals surface area contributed by atoms with Crippen LogP contribution in [0.4, 0.5) is 0 Å². The van der Waals surface area contributed by atoms with Gasteiger partial charge in [0.1, 0.15) is 0 Å². The molecule has 0 saturated heterocycles. The Morgan fingerprint density at radius 1 is 0.278 bits per heavy atom. The molecular weight excluding hydrogens is 915 g/mol. The zero-order valence-corrected chi connectivity index (χ0v) is 37.3. The van der Waals surface area contributed by atoms with Crippen molar-refractivity contribution in [3.8, 4) is 125 Å². The molecule has 0 saturated carbocycles. The quantitative estimate of drug-likeness (QED) is 0.0528. The second-order valence-electron chi connectivity index (χ2n) is 17.2. The first-order chi connectivity index (χ1) is 34.9. The van der Waals surface area contributed by atoms with Gasteiger partial charge in [-0.25, -0.2) is 4.98 Å². The predicted octanol–water partition coefficient (Wildman–Crippen LogP) is 11.5. The number of hydrogen-bond donors (Lipinski definition) is 10. The Kier molecular flexibility index (Phi) is 9.60. The second kappa shape index (κ2) is 16.1. The van der Waals surface area contributed by atoms with Crippen molar-refractivity contribution in [2.45, 2.75) is 0 Å². The van der Waals surface area contributed by atoms with E-state index in [0.29, 0.717) is 28.2 Å². The van der Waals surface area contributed by atoms with Crippen molar-refractivity contribution in [1.82, 2.24) is 24.1 Å².